The number of rotatable bonds is 7. The van der Waals surface area contributed by atoms with Crippen LogP contribution < -0.4 is 10.0 Å². The summed E-state index contributed by atoms with van der Waals surface area (Å²) in [4.78, 5) is 4.14. The van der Waals surface area contributed by atoms with Crippen molar-refractivity contribution in [3.63, 3.8) is 0 Å². The second kappa shape index (κ2) is 6.49. The van der Waals surface area contributed by atoms with Gasteiger partial charge in [-0.3, -0.25) is 4.68 Å². The smallest absolute Gasteiger partial charge is 0.244 e. The molecular weight excluding hydrogens is 278 g/mol. The lowest BCUT2D eigenvalue weighted by Crippen LogP contribution is -2.26. The zero-order valence-corrected chi connectivity index (χ0v) is 12.0. The first kappa shape index (κ1) is 14.5. The van der Waals surface area contributed by atoms with Crippen LogP contribution in [0.2, 0.25) is 0 Å². The summed E-state index contributed by atoms with van der Waals surface area (Å²) in [5.74, 6) is 0.340. The minimum absolute atomic E-state index is 0.154. The van der Waals surface area contributed by atoms with Crippen molar-refractivity contribution in [1.82, 2.24) is 19.5 Å². The highest BCUT2D eigenvalue weighted by molar-refractivity contribution is 7.89. The molecule has 2 aromatic rings. The first-order valence-electron chi connectivity index (χ1n) is 6.23. The summed E-state index contributed by atoms with van der Waals surface area (Å²) in [5.41, 5.74) is 0. The Morgan fingerprint density at radius 1 is 1.30 bits per heavy atom. The third-order valence-corrected chi connectivity index (χ3v) is 4.20. The molecule has 0 amide bonds. The summed E-state index contributed by atoms with van der Waals surface area (Å²) in [6, 6.07) is 4.95. The third kappa shape index (κ3) is 3.55. The highest BCUT2D eigenvalue weighted by Gasteiger charge is 2.17. The van der Waals surface area contributed by atoms with Gasteiger partial charge in [-0.05, 0) is 24.6 Å². The lowest BCUT2D eigenvalue weighted by Gasteiger charge is -2.10. The van der Waals surface area contributed by atoms with Crippen LogP contribution in [0.5, 0.6) is 0 Å². The predicted molar refractivity (Wildman–Crippen MR) is 75.8 cm³/mol. The van der Waals surface area contributed by atoms with Crippen LogP contribution in [0.4, 0.5) is 5.82 Å². The molecule has 0 aliphatic carbocycles. The number of pyridine rings is 1. The molecule has 0 bridgehead atoms. The summed E-state index contributed by atoms with van der Waals surface area (Å²) in [6.45, 7) is 1.02. The van der Waals surface area contributed by atoms with E-state index < -0.39 is 10.0 Å². The predicted octanol–water partition coefficient (Wildman–Crippen LogP) is 0.688. The van der Waals surface area contributed by atoms with Gasteiger partial charge in [-0.1, -0.05) is 0 Å². The van der Waals surface area contributed by atoms with Crippen LogP contribution in [-0.4, -0.2) is 36.8 Å². The summed E-state index contributed by atoms with van der Waals surface area (Å²) in [7, 11) is -1.91. The van der Waals surface area contributed by atoms with E-state index in [-0.39, 0.29) is 4.90 Å². The normalized spacial score (nSPS) is 11.4. The van der Waals surface area contributed by atoms with Crippen LogP contribution in [0.1, 0.15) is 6.42 Å². The van der Waals surface area contributed by atoms with Gasteiger partial charge in [0.25, 0.3) is 0 Å². The molecule has 20 heavy (non-hydrogen) atoms. The fraction of sp³-hybridized carbons (Fsp3) is 0.333. The van der Waals surface area contributed by atoms with Gasteiger partial charge in [-0.15, -0.1) is 0 Å². The first-order valence-corrected chi connectivity index (χ1v) is 7.71. The van der Waals surface area contributed by atoms with Crippen molar-refractivity contribution in [1.29, 1.82) is 0 Å². The van der Waals surface area contributed by atoms with Crippen LogP contribution >= 0.6 is 0 Å². The van der Waals surface area contributed by atoms with E-state index in [1.165, 1.54) is 6.07 Å². The molecule has 7 nitrogen and oxygen atoms in total. The van der Waals surface area contributed by atoms with Crippen LogP contribution in [0, 0.1) is 0 Å². The van der Waals surface area contributed by atoms with Crippen molar-refractivity contribution >= 4 is 15.8 Å². The highest BCUT2D eigenvalue weighted by Crippen LogP contribution is 2.16. The topological polar surface area (TPSA) is 88.9 Å². The quantitative estimate of drug-likeness (QED) is 0.734. The van der Waals surface area contributed by atoms with E-state index in [2.05, 4.69) is 20.1 Å². The minimum Gasteiger partial charge on any atom is -0.372 e. The first-order chi connectivity index (χ1) is 9.63. The highest BCUT2D eigenvalue weighted by atomic mass is 32.2. The molecule has 0 aromatic carbocycles. The number of hydrogen-bond donors (Lipinski definition) is 2. The van der Waals surface area contributed by atoms with Gasteiger partial charge in [0.2, 0.25) is 10.0 Å². The molecule has 0 fully saturated rings. The maximum atomic E-state index is 12.2. The van der Waals surface area contributed by atoms with Gasteiger partial charge in [0, 0.05) is 38.7 Å². The molecule has 0 aliphatic heterocycles. The largest absolute Gasteiger partial charge is 0.372 e. The van der Waals surface area contributed by atoms with Crippen molar-refractivity contribution in [3.05, 3.63) is 36.8 Å². The van der Waals surface area contributed by atoms with Crippen molar-refractivity contribution in [2.24, 2.45) is 0 Å². The lowest BCUT2D eigenvalue weighted by atomic mass is 10.4. The molecule has 2 aromatic heterocycles. The molecule has 0 spiro atoms. The van der Waals surface area contributed by atoms with Gasteiger partial charge in [0.1, 0.15) is 10.7 Å². The molecular formula is C12H17N5O2S. The number of anilines is 1. The van der Waals surface area contributed by atoms with Gasteiger partial charge in [0.15, 0.2) is 0 Å². The molecule has 0 saturated carbocycles. The Hall–Kier alpha value is -1.93. The van der Waals surface area contributed by atoms with E-state index in [9.17, 15) is 8.42 Å². The summed E-state index contributed by atoms with van der Waals surface area (Å²) < 4.78 is 28.6. The average Bonchev–Trinajstić information content (AvgIpc) is 2.97. The molecule has 2 rings (SSSR count). The third-order valence-electron chi connectivity index (χ3n) is 2.71. The standard InChI is InChI=1S/C12H17N5O2S/c1-13-12-11(5-2-6-14-12)20(18,19)16-8-4-10-17-9-3-7-15-17/h2-3,5-7,9,16H,4,8,10H2,1H3,(H,13,14). The van der Waals surface area contributed by atoms with Gasteiger partial charge in [-0.25, -0.2) is 18.1 Å². The fourth-order valence-electron chi connectivity index (χ4n) is 1.75. The van der Waals surface area contributed by atoms with Gasteiger partial charge in [-0.2, -0.15) is 5.10 Å². The van der Waals surface area contributed by atoms with Gasteiger partial charge in [0.05, 0.1) is 0 Å². The molecule has 8 heteroatoms. The van der Waals surface area contributed by atoms with Crippen molar-refractivity contribution in [2.75, 3.05) is 18.9 Å². The monoisotopic (exact) mass is 295 g/mol. The minimum atomic E-state index is -3.55. The lowest BCUT2D eigenvalue weighted by molar-refractivity contribution is 0.553. The Morgan fingerprint density at radius 3 is 2.85 bits per heavy atom. The second-order valence-corrected chi connectivity index (χ2v) is 5.86. The molecule has 0 saturated heterocycles. The molecule has 0 atom stereocenters. The molecule has 2 N–H and O–H groups in total. The summed E-state index contributed by atoms with van der Waals surface area (Å²) in [5, 5.41) is 6.83. The van der Waals surface area contributed by atoms with Gasteiger partial charge >= 0.3 is 0 Å². The van der Waals surface area contributed by atoms with E-state index in [1.54, 1.807) is 30.2 Å². The Morgan fingerprint density at radius 2 is 2.15 bits per heavy atom. The van der Waals surface area contributed by atoms with Crippen LogP contribution in [0.3, 0.4) is 0 Å². The Balaban J connectivity index is 1.94. The van der Waals surface area contributed by atoms with E-state index in [0.29, 0.717) is 25.3 Å². The van der Waals surface area contributed by atoms with Crippen molar-refractivity contribution in [3.8, 4) is 0 Å². The summed E-state index contributed by atoms with van der Waals surface area (Å²) >= 11 is 0. The van der Waals surface area contributed by atoms with Crippen molar-refractivity contribution in [2.45, 2.75) is 17.9 Å². The van der Waals surface area contributed by atoms with E-state index in [0.717, 1.165) is 0 Å². The SMILES string of the molecule is CNc1ncccc1S(=O)(=O)NCCCn1cccn1. The number of aromatic nitrogens is 3. The number of hydrogen-bond acceptors (Lipinski definition) is 5. The molecule has 0 radical (unpaired) electrons. The Bertz CT molecular complexity index is 640. The number of aryl methyl sites for hydroxylation is 1. The van der Waals surface area contributed by atoms with Crippen LogP contribution in [0.25, 0.3) is 0 Å². The number of nitrogens with one attached hydrogen (secondary N) is 2. The Labute approximate surface area is 118 Å². The Kier molecular flexibility index (Phi) is 4.70. The van der Waals surface area contributed by atoms with E-state index >= 15 is 0 Å². The summed E-state index contributed by atoms with van der Waals surface area (Å²) in [6.07, 6.45) is 5.74. The fourth-order valence-corrected chi connectivity index (χ4v) is 2.99. The molecule has 0 aliphatic rings. The molecule has 2 heterocycles. The van der Waals surface area contributed by atoms with Gasteiger partial charge < -0.3 is 5.32 Å². The zero-order valence-electron chi connectivity index (χ0n) is 11.2. The maximum Gasteiger partial charge on any atom is 0.244 e. The van der Waals surface area contributed by atoms with Crippen LogP contribution in [0.15, 0.2) is 41.7 Å². The van der Waals surface area contributed by atoms with E-state index in [1.807, 2.05) is 12.3 Å². The molecule has 108 valence electrons. The zero-order chi connectivity index (χ0) is 14.4. The van der Waals surface area contributed by atoms with E-state index in [4.69, 9.17) is 0 Å². The maximum absolute atomic E-state index is 12.2. The average molecular weight is 295 g/mol. The number of nitrogens with zero attached hydrogens (tertiary/aromatic N) is 3. The second-order valence-electron chi connectivity index (χ2n) is 4.12. The molecule has 0 unspecified atom stereocenters. The number of sulfonamides is 1. The van der Waals surface area contributed by atoms with Crippen molar-refractivity contribution < 1.29 is 8.42 Å². The van der Waals surface area contributed by atoms with Crippen LogP contribution in [-0.2, 0) is 16.6 Å².